The average Bonchev–Trinajstić information content (AvgIpc) is 2.37. The van der Waals surface area contributed by atoms with Crippen LogP contribution in [-0.4, -0.2) is 36.5 Å². The second kappa shape index (κ2) is 3.42. The molecular weight excluding hydrogens is 188 g/mol. The Morgan fingerprint density at radius 2 is 2.15 bits per heavy atom. The second-order valence-corrected chi connectivity index (χ2v) is 4.38. The van der Waals surface area contributed by atoms with E-state index in [2.05, 4.69) is 12.6 Å². The van der Waals surface area contributed by atoms with Crippen LogP contribution in [0.1, 0.15) is 20.3 Å². The number of hydrogen-bond acceptors (Lipinski definition) is 4. The lowest BCUT2D eigenvalue weighted by atomic mass is 10.0. The highest BCUT2D eigenvalue weighted by molar-refractivity contribution is 7.80. The quantitative estimate of drug-likeness (QED) is 0.651. The number of fused-ring (bicyclic) bond motifs is 1. The Morgan fingerprint density at radius 1 is 1.38 bits per heavy atom. The average molecular weight is 204 g/mol. The molecule has 2 saturated heterocycles. The zero-order valence-electron chi connectivity index (χ0n) is 8.03. The Labute approximate surface area is 84.1 Å². The minimum absolute atomic E-state index is 0.0706. The second-order valence-electron chi connectivity index (χ2n) is 4.02. The van der Waals surface area contributed by atoms with Crippen LogP contribution in [-0.2, 0) is 14.2 Å². The van der Waals surface area contributed by atoms with Gasteiger partial charge in [-0.05, 0) is 20.3 Å². The maximum Gasteiger partial charge on any atom is 0.163 e. The molecule has 0 saturated carbocycles. The minimum Gasteiger partial charge on any atom is -0.374 e. The van der Waals surface area contributed by atoms with Crippen LogP contribution >= 0.6 is 12.6 Å². The Morgan fingerprint density at radius 3 is 2.85 bits per heavy atom. The standard InChI is InChI=1S/C9H16O3S/c1-9(2)11-6-3-4-10-7(5-13)8(6)12-9/h6-8,13H,3-5H2,1-2H3/t6?,7-,8?/m1/s1. The molecule has 2 aliphatic heterocycles. The molecule has 0 aromatic carbocycles. The summed E-state index contributed by atoms with van der Waals surface area (Å²) in [5.41, 5.74) is 0. The van der Waals surface area contributed by atoms with Crippen molar-refractivity contribution in [1.29, 1.82) is 0 Å². The summed E-state index contributed by atoms with van der Waals surface area (Å²) in [7, 11) is 0. The minimum atomic E-state index is -0.454. The highest BCUT2D eigenvalue weighted by atomic mass is 32.1. The zero-order valence-corrected chi connectivity index (χ0v) is 8.92. The van der Waals surface area contributed by atoms with E-state index in [0.717, 1.165) is 13.0 Å². The van der Waals surface area contributed by atoms with Crippen molar-refractivity contribution in [2.45, 2.75) is 44.4 Å². The van der Waals surface area contributed by atoms with Crippen LogP contribution in [0.3, 0.4) is 0 Å². The highest BCUT2D eigenvalue weighted by Gasteiger charge is 2.46. The van der Waals surface area contributed by atoms with E-state index in [1.165, 1.54) is 0 Å². The third-order valence-corrected chi connectivity index (χ3v) is 2.86. The zero-order chi connectivity index (χ0) is 9.47. The van der Waals surface area contributed by atoms with Gasteiger partial charge in [0, 0.05) is 12.4 Å². The van der Waals surface area contributed by atoms with E-state index in [1.807, 2.05) is 13.8 Å². The number of ether oxygens (including phenoxy) is 3. The van der Waals surface area contributed by atoms with Gasteiger partial charge < -0.3 is 14.2 Å². The fourth-order valence-electron chi connectivity index (χ4n) is 1.99. The van der Waals surface area contributed by atoms with Crippen LogP contribution in [0.5, 0.6) is 0 Å². The van der Waals surface area contributed by atoms with Gasteiger partial charge in [-0.3, -0.25) is 0 Å². The molecule has 2 fully saturated rings. The Hall–Kier alpha value is 0.230. The van der Waals surface area contributed by atoms with E-state index in [9.17, 15) is 0 Å². The summed E-state index contributed by atoms with van der Waals surface area (Å²) >= 11 is 4.24. The van der Waals surface area contributed by atoms with Crippen molar-refractivity contribution in [2.24, 2.45) is 0 Å². The van der Waals surface area contributed by atoms with Gasteiger partial charge >= 0.3 is 0 Å². The summed E-state index contributed by atoms with van der Waals surface area (Å²) in [5, 5.41) is 0. The van der Waals surface area contributed by atoms with Gasteiger partial charge in [-0.25, -0.2) is 0 Å². The number of rotatable bonds is 1. The van der Waals surface area contributed by atoms with E-state index in [4.69, 9.17) is 14.2 Å². The fraction of sp³-hybridized carbons (Fsp3) is 1.00. The van der Waals surface area contributed by atoms with Crippen LogP contribution in [0.25, 0.3) is 0 Å². The van der Waals surface area contributed by atoms with E-state index in [-0.39, 0.29) is 18.3 Å². The molecule has 3 atom stereocenters. The Bertz CT molecular complexity index is 195. The topological polar surface area (TPSA) is 27.7 Å². The largest absolute Gasteiger partial charge is 0.374 e. The van der Waals surface area contributed by atoms with Gasteiger partial charge in [0.25, 0.3) is 0 Å². The molecular formula is C9H16O3S. The lowest BCUT2D eigenvalue weighted by molar-refractivity contribution is -0.151. The molecule has 13 heavy (non-hydrogen) atoms. The number of hydrogen-bond donors (Lipinski definition) is 1. The molecule has 2 heterocycles. The van der Waals surface area contributed by atoms with Crippen LogP contribution in [0, 0.1) is 0 Å². The molecule has 4 heteroatoms. The molecule has 76 valence electrons. The van der Waals surface area contributed by atoms with Crippen molar-refractivity contribution in [3.05, 3.63) is 0 Å². The third-order valence-electron chi connectivity index (χ3n) is 2.50. The lowest BCUT2D eigenvalue weighted by Gasteiger charge is -2.30. The van der Waals surface area contributed by atoms with Gasteiger partial charge in [0.1, 0.15) is 6.10 Å². The van der Waals surface area contributed by atoms with Crippen molar-refractivity contribution >= 4 is 12.6 Å². The van der Waals surface area contributed by atoms with Gasteiger partial charge in [0.2, 0.25) is 0 Å². The van der Waals surface area contributed by atoms with E-state index < -0.39 is 5.79 Å². The maximum atomic E-state index is 5.76. The van der Waals surface area contributed by atoms with Crippen LogP contribution in [0.4, 0.5) is 0 Å². The van der Waals surface area contributed by atoms with Crippen LogP contribution in [0.15, 0.2) is 0 Å². The van der Waals surface area contributed by atoms with Gasteiger partial charge in [0.05, 0.1) is 12.2 Å². The number of thiol groups is 1. The molecule has 3 nitrogen and oxygen atoms in total. The molecule has 0 N–H and O–H groups in total. The van der Waals surface area contributed by atoms with Crippen molar-refractivity contribution in [3.8, 4) is 0 Å². The third kappa shape index (κ3) is 1.86. The van der Waals surface area contributed by atoms with Crippen LogP contribution in [0.2, 0.25) is 0 Å². The summed E-state index contributed by atoms with van der Waals surface area (Å²) in [6.45, 7) is 4.65. The molecule has 2 rings (SSSR count). The van der Waals surface area contributed by atoms with E-state index in [0.29, 0.717) is 5.75 Å². The van der Waals surface area contributed by atoms with Crippen LogP contribution < -0.4 is 0 Å². The van der Waals surface area contributed by atoms with Gasteiger partial charge in [-0.1, -0.05) is 0 Å². The fourth-order valence-corrected chi connectivity index (χ4v) is 2.30. The van der Waals surface area contributed by atoms with E-state index in [1.54, 1.807) is 0 Å². The first kappa shape index (κ1) is 9.77. The molecule has 2 unspecified atom stereocenters. The van der Waals surface area contributed by atoms with Crippen molar-refractivity contribution in [3.63, 3.8) is 0 Å². The predicted molar refractivity (Wildman–Crippen MR) is 52.0 cm³/mol. The van der Waals surface area contributed by atoms with Gasteiger partial charge in [0.15, 0.2) is 5.79 Å². The normalized spacial score (nSPS) is 43.2. The predicted octanol–water partition coefficient (Wildman–Crippen LogP) is 1.23. The summed E-state index contributed by atoms with van der Waals surface area (Å²) in [4.78, 5) is 0. The Kier molecular flexibility index (Phi) is 2.57. The van der Waals surface area contributed by atoms with Gasteiger partial charge in [-0.15, -0.1) is 0 Å². The summed E-state index contributed by atoms with van der Waals surface area (Å²) < 4.78 is 17.1. The SMILES string of the molecule is CC1(C)OC2CCO[C@H](CS)C2O1. The molecule has 0 bridgehead atoms. The summed E-state index contributed by atoms with van der Waals surface area (Å²) in [6.07, 6.45) is 1.28. The molecule has 0 spiro atoms. The molecule has 0 aliphatic carbocycles. The van der Waals surface area contributed by atoms with Crippen molar-refractivity contribution in [1.82, 2.24) is 0 Å². The molecule has 0 amide bonds. The summed E-state index contributed by atoms with van der Waals surface area (Å²) in [6, 6.07) is 0. The maximum absolute atomic E-state index is 5.76. The molecule has 0 aromatic rings. The molecule has 2 aliphatic rings. The highest BCUT2D eigenvalue weighted by Crippen LogP contribution is 2.35. The first-order chi connectivity index (χ1) is 6.12. The van der Waals surface area contributed by atoms with E-state index >= 15 is 0 Å². The molecule has 0 radical (unpaired) electrons. The smallest absolute Gasteiger partial charge is 0.163 e. The van der Waals surface area contributed by atoms with Crippen molar-refractivity contribution in [2.75, 3.05) is 12.4 Å². The first-order valence-electron chi connectivity index (χ1n) is 4.70. The summed E-state index contributed by atoms with van der Waals surface area (Å²) in [5.74, 6) is 0.241. The Balaban J connectivity index is 2.08. The van der Waals surface area contributed by atoms with Gasteiger partial charge in [-0.2, -0.15) is 12.6 Å². The first-order valence-corrected chi connectivity index (χ1v) is 5.34. The lowest BCUT2D eigenvalue weighted by Crippen LogP contribution is -2.43. The monoisotopic (exact) mass is 204 g/mol. The van der Waals surface area contributed by atoms with Crippen molar-refractivity contribution < 1.29 is 14.2 Å². The molecule has 0 aromatic heterocycles.